The molecule has 2 amide bonds. The molecule has 9 nitrogen and oxygen atoms in total. The van der Waals surface area contributed by atoms with Gasteiger partial charge in [0, 0.05) is 13.0 Å². The Hall–Kier alpha value is -2.57. The van der Waals surface area contributed by atoms with Crippen molar-refractivity contribution < 1.29 is 24.5 Å². The van der Waals surface area contributed by atoms with Crippen molar-refractivity contribution in [3.8, 4) is 11.8 Å². The van der Waals surface area contributed by atoms with Gasteiger partial charge in [-0.25, -0.2) is 4.79 Å². The number of rotatable bonds is 4. The van der Waals surface area contributed by atoms with E-state index in [2.05, 4.69) is 22.3 Å². The standard InChI is InChI=1S/C19H28N4O5/c1-5-23-14(8-9-20-23)7-6-13(12-24)21-17(26)16-10-15(25)11-22(16)18(27)28-19(2,3)4/h8-9,13,15-16,24-25H,5,10-12H2,1-4H3,(H,21,26)/t13-,15-,16+/m1/s1. The summed E-state index contributed by atoms with van der Waals surface area (Å²) in [7, 11) is 0. The second kappa shape index (κ2) is 9.08. The highest BCUT2D eigenvalue weighted by Gasteiger charge is 2.41. The third-order valence-corrected chi connectivity index (χ3v) is 4.10. The van der Waals surface area contributed by atoms with Crippen LogP contribution in [-0.2, 0) is 16.1 Å². The van der Waals surface area contributed by atoms with Crippen molar-refractivity contribution in [2.45, 2.75) is 64.4 Å². The Labute approximate surface area is 164 Å². The molecule has 0 bridgehead atoms. The summed E-state index contributed by atoms with van der Waals surface area (Å²) < 4.78 is 7.01. The molecule has 1 aliphatic rings. The molecule has 0 spiro atoms. The molecule has 9 heteroatoms. The Morgan fingerprint density at radius 1 is 1.46 bits per heavy atom. The molecule has 1 aliphatic heterocycles. The third kappa shape index (κ3) is 5.71. The minimum absolute atomic E-state index is 0.0121. The Balaban J connectivity index is 2.07. The molecular formula is C19H28N4O5. The molecule has 0 saturated carbocycles. The van der Waals surface area contributed by atoms with Gasteiger partial charge in [-0.05, 0) is 39.7 Å². The van der Waals surface area contributed by atoms with Gasteiger partial charge in [-0.2, -0.15) is 5.10 Å². The quantitative estimate of drug-likeness (QED) is 0.626. The van der Waals surface area contributed by atoms with Crippen molar-refractivity contribution >= 4 is 12.0 Å². The van der Waals surface area contributed by atoms with Gasteiger partial charge in [0.1, 0.15) is 23.4 Å². The largest absolute Gasteiger partial charge is 0.444 e. The maximum absolute atomic E-state index is 12.7. The molecule has 154 valence electrons. The van der Waals surface area contributed by atoms with Gasteiger partial charge in [-0.1, -0.05) is 5.92 Å². The number of nitrogens with zero attached hydrogens (tertiary/aromatic N) is 3. The zero-order valence-corrected chi connectivity index (χ0v) is 16.7. The van der Waals surface area contributed by atoms with Crippen LogP contribution in [0, 0.1) is 11.8 Å². The first kappa shape index (κ1) is 21.7. The summed E-state index contributed by atoms with van der Waals surface area (Å²) in [6, 6.07) is 0.0393. The lowest BCUT2D eigenvalue weighted by Crippen LogP contribution is -2.50. The average molecular weight is 392 g/mol. The van der Waals surface area contributed by atoms with E-state index >= 15 is 0 Å². The number of aryl methyl sites for hydroxylation is 1. The predicted molar refractivity (Wildman–Crippen MR) is 101 cm³/mol. The number of hydrogen-bond donors (Lipinski definition) is 3. The van der Waals surface area contributed by atoms with E-state index in [9.17, 15) is 19.8 Å². The van der Waals surface area contributed by atoms with Crippen LogP contribution in [0.1, 0.15) is 39.8 Å². The van der Waals surface area contributed by atoms with Gasteiger partial charge in [0.2, 0.25) is 5.91 Å². The van der Waals surface area contributed by atoms with E-state index in [0.29, 0.717) is 12.2 Å². The van der Waals surface area contributed by atoms with Gasteiger partial charge < -0.3 is 20.3 Å². The Morgan fingerprint density at radius 3 is 2.79 bits per heavy atom. The molecule has 0 aromatic carbocycles. The van der Waals surface area contributed by atoms with Crippen LogP contribution in [0.4, 0.5) is 4.79 Å². The van der Waals surface area contributed by atoms with Gasteiger partial charge in [0.15, 0.2) is 0 Å². The van der Waals surface area contributed by atoms with Crippen molar-refractivity contribution in [2.24, 2.45) is 0 Å². The molecule has 2 heterocycles. The summed E-state index contributed by atoms with van der Waals surface area (Å²) in [4.78, 5) is 26.2. The summed E-state index contributed by atoms with van der Waals surface area (Å²) >= 11 is 0. The molecule has 3 N–H and O–H groups in total. The number of ether oxygens (including phenoxy) is 1. The first-order valence-electron chi connectivity index (χ1n) is 9.27. The third-order valence-electron chi connectivity index (χ3n) is 4.10. The van der Waals surface area contributed by atoms with Crippen molar-refractivity contribution in [1.29, 1.82) is 0 Å². The number of likely N-dealkylation sites (tertiary alicyclic amines) is 1. The van der Waals surface area contributed by atoms with E-state index < -0.39 is 35.8 Å². The van der Waals surface area contributed by atoms with Gasteiger partial charge >= 0.3 is 6.09 Å². The molecule has 0 unspecified atom stereocenters. The minimum atomic E-state index is -0.887. The first-order chi connectivity index (χ1) is 13.1. The lowest BCUT2D eigenvalue weighted by atomic mass is 10.1. The zero-order chi connectivity index (χ0) is 20.9. The molecule has 1 aromatic rings. The Bertz CT molecular complexity index is 758. The van der Waals surface area contributed by atoms with Crippen LogP contribution >= 0.6 is 0 Å². The number of carbonyl (C=O) groups excluding carboxylic acids is 2. The number of hydrogen-bond acceptors (Lipinski definition) is 6. The molecule has 1 aromatic heterocycles. The van der Waals surface area contributed by atoms with Crippen LogP contribution in [0.3, 0.4) is 0 Å². The van der Waals surface area contributed by atoms with Crippen LogP contribution in [0.25, 0.3) is 0 Å². The van der Waals surface area contributed by atoms with Gasteiger partial charge in [-0.3, -0.25) is 14.4 Å². The van der Waals surface area contributed by atoms with Crippen molar-refractivity contribution in [1.82, 2.24) is 20.0 Å². The SMILES string of the molecule is CCn1nccc1C#C[C@H](CO)NC(=O)[C@@H]1C[C@@H](O)CN1C(=O)OC(C)(C)C. The van der Waals surface area contributed by atoms with Crippen LogP contribution in [0.2, 0.25) is 0 Å². The molecule has 0 radical (unpaired) electrons. The molecule has 0 aliphatic carbocycles. The molecule has 1 saturated heterocycles. The Kier molecular flexibility index (Phi) is 7.05. The number of aliphatic hydroxyl groups excluding tert-OH is 2. The number of nitrogens with one attached hydrogen (secondary N) is 1. The van der Waals surface area contributed by atoms with Crippen LogP contribution < -0.4 is 5.32 Å². The summed E-state index contributed by atoms with van der Waals surface area (Å²) in [6.07, 6.45) is 0.237. The second-order valence-electron chi connectivity index (χ2n) is 7.58. The predicted octanol–water partition coefficient (Wildman–Crippen LogP) is 0.102. The average Bonchev–Trinajstić information content (AvgIpc) is 3.22. The lowest BCUT2D eigenvalue weighted by molar-refractivity contribution is -0.126. The van der Waals surface area contributed by atoms with E-state index in [1.165, 1.54) is 4.90 Å². The monoisotopic (exact) mass is 392 g/mol. The number of β-amino-alcohol motifs (C(OH)–C–C–N with tert-alkyl or cyclic N) is 1. The van der Waals surface area contributed by atoms with Crippen LogP contribution in [-0.4, -0.2) is 73.8 Å². The fourth-order valence-corrected chi connectivity index (χ4v) is 2.83. The number of carbonyl (C=O) groups is 2. The van der Waals surface area contributed by atoms with E-state index in [1.54, 1.807) is 37.7 Å². The van der Waals surface area contributed by atoms with E-state index in [4.69, 9.17) is 4.74 Å². The van der Waals surface area contributed by atoms with Crippen molar-refractivity contribution in [2.75, 3.05) is 13.2 Å². The minimum Gasteiger partial charge on any atom is -0.444 e. The smallest absolute Gasteiger partial charge is 0.411 e. The number of aromatic nitrogens is 2. The molecule has 28 heavy (non-hydrogen) atoms. The van der Waals surface area contributed by atoms with Crippen LogP contribution in [0.15, 0.2) is 12.3 Å². The fraction of sp³-hybridized carbons (Fsp3) is 0.632. The van der Waals surface area contributed by atoms with E-state index in [1.807, 2.05) is 6.92 Å². The number of amides is 2. The van der Waals surface area contributed by atoms with E-state index in [0.717, 1.165) is 0 Å². The molecular weight excluding hydrogens is 364 g/mol. The molecule has 3 atom stereocenters. The maximum Gasteiger partial charge on any atom is 0.411 e. The highest BCUT2D eigenvalue weighted by Crippen LogP contribution is 2.21. The summed E-state index contributed by atoms with van der Waals surface area (Å²) in [5, 5.41) is 26.2. The maximum atomic E-state index is 12.7. The Morgan fingerprint density at radius 2 is 2.18 bits per heavy atom. The highest BCUT2D eigenvalue weighted by molar-refractivity contribution is 5.87. The van der Waals surface area contributed by atoms with Crippen molar-refractivity contribution in [3.05, 3.63) is 18.0 Å². The normalized spacial score (nSPS) is 20.3. The summed E-state index contributed by atoms with van der Waals surface area (Å²) in [6.45, 7) is 7.39. The fourth-order valence-electron chi connectivity index (χ4n) is 2.83. The highest BCUT2D eigenvalue weighted by atomic mass is 16.6. The van der Waals surface area contributed by atoms with Gasteiger partial charge in [-0.15, -0.1) is 0 Å². The topological polar surface area (TPSA) is 117 Å². The number of aliphatic hydroxyl groups is 2. The summed E-state index contributed by atoms with van der Waals surface area (Å²) in [5.74, 6) is 5.19. The van der Waals surface area contributed by atoms with Crippen LogP contribution in [0.5, 0.6) is 0 Å². The van der Waals surface area contributed by atoms with Gasteiger partial charge in [0.25, 0.3) is 0 Å². The second-order valence-corrected chi connectivity index (χ2v) is 7.58. The first-order valence-corrected chi connectivity index (χ1v) is 9.27. The molecule has 1 fully saturated rings. The zero-order valence-electron chi connectivity index (χ0n) is 16.7. The van der Waals surface area contributed by atoms with Crippen molar-refractivity contribution in [3.63, 3.8) is 0 Å². The summed E-state index contributed by atoms with van der Waals surface area (Å²) in [5.41, 5.74) is -0.0469. The van der Waals surface area contributed by atoms with E-state index in [-0.39, 0.29) is 19.6 Å². The molecule has 2 rings (SSSR count). The lowest BCUT2D eigenvalue weighted by Gasteiger charge is -2.28. The van der Waals surface area contributed by atoms with Gasteiger partial charge in [0.05, 0.1) is 25.5 Å².